The zero-order chi connectivity index (χ0) is 12.6. The molecule has 2 aromatic rings. The van der Waals surface area contributed by atoms with E-state index in [1.54, 1.807) is 0 Å². The SMILES string of the molecule is Cc1ccc(-c2c(C)cc(C)c[n+]2C)c(C)c1. The second-order valence-corrected chi connectivity index (χ2v) is 4.98. The van der Waals surface area contributed by atoms with Gasteiger partial charge in [-0.05, 0) is 45.4 Å². The van der Waals surface area contributed by atoms with Gasteiger partial charge in [-0.1, -0.05) is 17.7 Å². The van der Waals surface area contributed by atoms with E-state index >= 15 is 0 Å². The molecule has 0 radical (unpaired) electrons. The Kier molecular flexibility index (Phi) is 3.01. The van der Waals surface area contributed by atoms with Crippen LogP contribution < -0.4 is 4.57 Å². The minimum atomic E-state index is 1.30. The Morgan fingerprint density at radius 3 is 2.06 bits per heavy atom. The molecule has 88 valence electrons. The highest BCUT2D eigenvalue weighted by Crippen LogP contribution is 2.24. The third-order valence-corrected chi connectivity index (χ3v) is 3.20. The maximum atomic E-state index is 2.24. The van der Waals surface area contributed by atoms with Crippen LogP contribution in [0.1, 0.15) is 22.3 Å². The average molecular weight is 226 g/mol. The first-order valence-electron chi connectivity index (χ1n) is 6.03. The molecule has 1 nitrogen and oxygen atoms in total. The van der Waals surface area contributed by atoms with Crippen LogP contribution in [-0.4, -0.2) is 0 Å². The molecule has 0 spiro atoms. The summed E-state index contributed by atoms with van der Waals surface area (Å²) in [5.41, 5.74) is 7.94. The van der Waals surface area contributed by atoms with Crippen LogP contribution in [0.3, 0.4) is 0 Å². The zero-order valence-corrected chi connectivity index (χ0v) is 11.3. The van der Waals surface area contributed by atoms with Crippen LogP contribution in [0.15, 0.2) is 30.5 Å². The van der Waals surface area contributed by atoms with Crippen molar-refractivity contribution in [1.29, 1.82) is 0 Å². The van der Waals surface area contributed by atoms with Gasteiger partial charge in [-0.25, -0.2) is 4.57 Å². The van der Waals surface area contributed by atoms with Gasteiger partial charge in [-0.3, -0.25) is 0 Å². The quantitative estimate of drug-likeness (QED) is 0.656. The Hall–Kier alpha value is -1.63. The molecule has 0 aliphatic heterocycles. The van der Waals surface area contributed by atoms with Gasteiger partial charge in [0.25, 0.3) is 0 Å². The number of benzene rings is 1. The van der Waals surface area contributed by atoms with Gasteiger partial charge in [0.2, 0.25) is 5.69 Å². The molecule has 0 saturated carbocycles. The molecular weight excluding hydrogens is 206 g/mol. The first-order valence-corrected chi connectivity index (χ1v) is 6.03. The first-order chi connectivity index (χ1) is 7.99. The predicted molar refractivity (Wildman–Crippen MR) is 72.0 cm³/mol. The highest BCUT2D eigenvalue weighted by atomic mass is 14.9. The molecule has 0 aliphatic carbocycles. The van der Waals surface area contributed by atoms with E-state index in [-0.39, 0.29) is 0 Å². The van der Waals surface area contributed by atoms with Crippen LogP contribution in [0.2, 0.25) is 0 Å². The monoisotopic (exact) mass is 226 g/mol. The Bertz CT molecular complexity index is 545. The van der Waals surface area contributed by atoms with E-state index in [0.29, 0.717) is 0 Å². The minimum absolute atomic E-state index is 1.30. The molecule has 0 saturated heterocycles. The lowest BCUT2D eigenvalue weighted by molar-refractivity contribution is -0.661. The van der Waals surface area contributed by atoms with Gasteiger partial charge < -0.3 is 0 Å². The van der Waals surface area contributed by atoms with Crippen molar-refractivity contribution in [2.75, 3.05) is 0 Å². The average Bonchev–Trinajstić information content (AvgIpc) is 2.19. The summed E-state index contributed by atoms with van der Waals surface area (Å²) in [7, 11) is 2.12. The lowest BCUT2D eigenvalue weighted by Gasteiger charge is -2.08. The van der Waals surface area contributed by atoms with Crippen molar-refractivity contribution >= 4 is 0 Å². The number of hydrogen-bond donors (Lipinski definition) is 0. The first kappa shape index (κ1) is 11.8. The van der Waals surface area contributed by atoms with Gasteiger partial charge >= 0.3 is 0 Å². The summed E-state index contributed by atoms with van der Waals surface area (Å²) in [6.07, 6.45) is 2.18. The highest BCUT2D eigenvalue weighted by molar-refractivity contribution is 5.64. The fraction of sp³-hybridized carbons (Fsp3) is 0.312. The Labute approximate surface area is 104 Å². The van der Waals surface area contributed by atoms with Gasteiger partial charge in [0.15, 0.2) is 6.20 Å². The lowest BCUT2D eigenvalue weighted by Crippen LogP contribution is -2.32. The fourth-order valence-electron chi connectivity index (χ4n) is 2.58. The van der Waals surface area contributed by atoms with E-state index < -0.39 is 0 Å². The summed E-state index contributed by atoms with van der Waals surface area (Å²) >= 11 is 0. The normalized spacial score (nSPS) is 10.6. The maximum absolute atomic E-state index is 2.24. The molecule has 1 heteroatoms. The van der Waals surface area contributed by atoms with E-state index in [1.165, 1.54) is 33.5 Å². The molecule has 0 amide bonds. The largest absolute Gasteiger partial charge is 0.215 e. The van der Waals surface area contributed by atoms with Crippen molar-refractivity contribution in [2.24, 2.45) is 7.05 Å². The number of aromatic nitrogens is 1. The molecule has 0 fully saturated rings. The van der Waals surface area contributed by atoms with Gasteiger partial charge in [0.1, 0.15) is 7.05 Å². The molecule has 1 heterocycles. The van der Waals surface area contributed by atoms with Crippen molar-refractivity contribution in [1.82, 2.24) is 0 Å². The van der Waals surface area contributed by atoms with Gasteiger partial charge in [0, 0.05) is 16.7 Å². The molecule has 0 N–H and O–H groups in total. The molecular formula is C16H20N+. The summed E-state index contributed by atoms with van der Waals surface area (Å²) in [5, 5.41) is 0. The topological polar surface area (TPSA) is 3.88 Å². The number of aryl methyl sites for hydroxylation is 5. The van der Waals surface area contributed by atoms with E-state index in [2.05, 4.69) is 69.8 Å². The van der Waals surface area contributed by atoms with Crippen molar-refractivity contribution in [2.45, 2.75) is 27.7 Å². The van der Waals surface area contributed by atoms with Gasteiger partial charge in [-0.15, -0.1) is 0 Å². The van der Waals surface area contributed by atoms with Crippen LogP contribution >= 0.6 is 0 Å². The molecule has 2 rings (SSSR count). The molecule has 1 aromatic heterocycles. The molecule has 0 bridgehead atoms. The van der Waals surface area contributed by atoms with Crippen molar-refractivity contribution in [3.05, 3.63) is 52.7 Å². The van der Waals surface area contributed by atoms with Crippen molar-refractivity contribution < 1.29 is 4.57 Å². The summed E-state index contributed by atoms with van der Waals surface area (Å²) in [6, 6.07) is 8.90. The number of hydrogen-bond acceptors (Lipinski definition) is 0. The fourth-order valence-corrected chi connectivity index (χ4v) is 2.58. The highest BCUT2D eigenvalue weighted by Gasteiger charge is 2.15. The molecule has 0 aliphatic rings. The van der Waals surface area contributed by atoms with Gasteiger partial charge in [-0.2, -0.15) is 0 Å². The van der Waals surface area contributed by atoms with E-state index in [4.69, 9.17) is 0 Å². The van der Waals surface area contributed by atoms with E-state index in [0.717, 1.165) is 0 Å². The number of nitrogens with zero attached hydrogens (tertiary/aromatic N) is 1. The minimum Gasteiger partial charge on any atom is -0.201 e. The number of rotatable bonds is 1. The second kappa shape index (κ2) is 4.33. The third-order valence-electron chi connectivity index (χ3n) is 3.20. The Morgan fingerprint density at radius 2 is 1.47 bits per heavy atom. The molecule has 0 unspecified atom stereocenters. The summed E-state index contributed by atoms with van der Waals surface area (Å²) in [5.74, 6) is 0. The number of pyridine rings is 1. The zero-order valence-electron chi connectivity index (χ0n) is 11.3. The lowest BCUT2D eigenvalue weighted by atomic mass is 9.99. The van der Waals surface area contributed by atoms with E-state index in [1.807, 2.05) is 0 Å². The summed E-state index contributed by atoms with van der Waals surface area (Å²) in [6.45, 7) is 8.64. The Balaban J connectivity index is 2.68. The van der Waals surface area contributed by atoms with Crippen molar-refractivity contribution in [3.8, 4) is 11.3 Å². The second-order valence-electron chi connectivity index (χ2n) is 4.98. The van der Waals surface area contributed by atoms with Crippen molar-refractivity contribution in [3.63, 3.8) is 0 Å². The van der Waals surface area contributed by atoms with Crippen LogP contribution in [0.25, 0.3) is 11.3 Å². The molecule has 17 heavy (non-hydrogen) atoms. The standard InChI is InChI=1S/C16H20N/c1-11-6-7-15(13(3)8-11)16-14(4)9-12(2)10-17(16)5/h6-10H,1-5H3/q+1. The molecule has 0 atom stereocenters. The Morgan fingerprint density at radius 1 is 0.824 bits per heavy atom. The van der Waals surface area contributed by atoms with E-state index in [9.17, 15) is 0 Å². The van der Waals surface area contributed by atoms with Crippen LogP contribution in [0.5, 0.6) is 0 Å². The summed E-state index contributed by atoms with van der Waals surface area (Å²) in [4.78, 5) is 0. The summed E-state index contributed by atoms with van der Waals surface area (Å²) < 4.78 is 2.22. The van der Waals surface area contributed by atoms with Gasteiger partial charge in [0.05, 0.1) is 0 Å². The predicted octanol–water partition coefficient (Wildman–Crippen LogP) is 3.41. The van der Waals surface area contributed by atoms with Crippen LogP contribution in [-0.2, 0) is 7.05 Å². The van der Waals surface area contributed by atoms with Crippen LogP contribution in [0.4, 0.5) is 0 Å². The van der Waals surface area contributed by atoms with Crippen LogP contribution in [0, 0.1) is 27.7 Å². The molecule has 1 aromatic carbocycles. The smallest absolute Gasteiger partial charge is 0.201 e. The third kappa shape index (κ3) is 2.23. The maximum Gasteiger partial charge on any atom is 0.215 e.